The molecule has 0 heterocycles. The smallest absolute Gasteiger partial charge is 0.333 e. The van der Waals surface area contributed by atoms with Gasteiger partial charge in [-0.25, -0.2) is 9.59 Å². The number of carbonyl (C=O) groups excluding carboxylic acids is 2. The first-order chi connectivity index (χ1) is 9.49. The molecular formula is C15H16O5. The molecule has 20 heavy (non-hydrogen) atoms. The van der Waals surface area contributed by atoms with E-state index < -0.39 is 11.9 Å². The molecule has 5 heteroatoms. The average molecular weight is 276 g/mol. The van der Waals surface area contributed by atoms with Gasteiger partial charge >= 0.3 is 11.9 Å². The molecule has 0 aliphatic carbocycles. The lowest BCUT2D eigenvalue weighted by atomic mass is 10.2. The number of hydrogen-bond acceptors (Lipinski definition) is 5. The van der Waals surface area contributed by atoms with Crippen LogP contribution < -0.4 is 0 Å². The van der Waals surface area contributed by atoms with E-state index in [1.807, 2.05) is 0 Å². The van der Waals surface area contributed by atoms with Crippen LogP contribution in [0.5, 0.6) is 5.75 Å². The Kier molecular flexibility index (Phi) is 6.03. The molecule has 106 valence electrons. The highest BCUT2D eigenvalue weighted by Gasteiger charge is 2.03. The molecule has 0 unspecified atom stereocenters. The van der Waals surface area contributed by atoms with Crippen LogP contribution in [0.3, 0.4) is 0 Å². The average Bonchev–Trinajstić information content (AvgIpc) is 2.42. The van der Waals surface area contributed by atoms with E-state index in [0.29, 0.717) is 5.57 Å². The molecule has 1 rings (SSSR count). The standard InChI is InChI=1S/C15H16O5/c1-11(2)15(18)20-10-9-19-14(17)8-5-12-3-6-13(16)7-4-12/h3-8,16H,1,9-10H2,2H3. The molecule has 0 bridgehead atoms. The molecule has 0 amide bonds. The fourth-order valence-electron chi connectivity index (χ4n) is 1.20. The molecule has 0 aliphatic heterocycles. The second-order valence-corrected chi connectivity index (χ2v) is 4.01. The van der Waals surface area contributed by atoms with Gasteiger partial charge in [0, 0.05) is 11.6 Å². The van der Waals surface area contributed by atoms with E-state index in [-0.39, 0.29) is 19.0 Å². The summed E-state index contributed by atoms with van der Waals surface area (Å²) in [7, 11) is 0. The van der Waals surface area contributed by atoms with Crippen molar-refractivity contribution in [2.75, 3.05) is 13.2 Å². The SMILES string of the molecule is C=C(C)C(=O)OCCOC(=O)C=Cc1ccc(O)cc1. The molecule has 0 saturated carbocycles. The molecule has 0 saturated heterocycles. The second kappa shape index (κ2) is 7.78. The van der Waals surface area contributed by atoms with Gasteiger partial charge in [-0.05, 0) is 30.7 Å². The molecular weight excluding hydrogens is 260 g/mol. The van der Waals surface area contributed by atoms with Crippen molar-refractivity contribution in [2.24, 2.45) is 0 Å². The van der Waals surface area contributed by atoms with Crippen LogP contribution in [0.25, 0.3) is 6.08 Å². The molecule has 0 fully saturated rings. The van der Waals surface area contributed by atoms with Gasteiger partial charge in [0.15, 0.2) is 0 Å². The van der Waals surface area contributed by atoms with Gasteiger partial charge in [0.2, 0.25) is 0 Å². The molecule has 1 N–H and O–H groups in total. The van der Waals surface area contributed by atoms with Crippen LogP contribution in [-0.2, 0) is 19.1 Å². The summed E-state index contributed by atoms with van der Waals surface area (Å²) in [4.78, 5) is 22.4. The van der Waals surface area contributed by atoms with Crippen LogP contribution in [0.15, 0.2) is 42.5 Å². The van der Waals surface area contributed by atoms with Gasteiger partial charge in [0.05, 0.1) is 0 Å². The normalized spacial score (nSPS) is 10.2. The van der Waals surface area contributed by atoms with Gasteiger partial charge in [-0.15, -0.1) is 0 Å². The zero-order valence-electron chi connectivity index (χ0n) is 11.2. The Balaban J connectivity index is 2.28. The number of esters is 2. The summed E-state index contributed by atoms with van der Waals surface area (Å²) in [6.45, 7) is 4.94. The van der Waals surface area contributed by atoms with E-state index in [0.717, 1.165) is 5.56 Å². The number of aromatic hydroxyl groups is 1. The summed E-state index contributed by atoms with van der Waals surface area (Å²) in [5, 5.41) is 9.10. The Morgan fingerprint density at radius 1 is 1.20 bits per heavy atom. The van der Waals surface area contributed by atoms with Crippen molar-refractivity contribution in [1.29, 1.82) is 0 Å². The fourth-order valence-corrected chi connectivity index (χ4v) is 1.20. The molecule has 0 radical (unpaired) electrons. The monoisotopic (exact) mass is 276 g/mol. The maximum absolute atomic E-state index is 11.3. The zero-order valence-corrected chi connectivity index (χ0v) is 11.2. The molecule has 0 spiro atoms. The number of carbonyl (C=O) groups is 2. The van der Waals surface area contributed by atoms with Gasteiger partial charge in [0.25, 0.3) is 0 Å². The molecule has 0 aliphatic rings. The third-order valence-electron chi connectivity index (χ3n) is 2.21. The Morgan fingerprint density at radius 2 is 1.80 bits per heavy atom. The fraction of sp³-hybridized carbons (Fsp3) is 0.200. The zero-order chi connectivity index (χ0) is 15.0. The van der Waals surface area contributed by atoms with Gasteiger partial charge in [-0.1, -0.05) is 18.7 Å². The van der Waals surface area contributed by atoms with Gasteiger partial charge < -0.3 is 14.6 Å². The summed E-state index contributed by atoms with van der Waals surface area (Å²) >= 11 is 0. The Morgan fingerprint density at radius 3 is 2.40 bits per heavy atom. The summed E-state index contributed by atoms with van der Waals surface area (Å²) in [5.74, 6) is -0.894. The van der Waals surface area contributed by atoms with Crippen LogP contribution in [-0.4, -0.2) is 30.3 Å². The van der Waals surface area contributed by atoms with Crippen LogP contribution in [0.2, 0.25) is 0 Å². The van der Waals surface area contributed by atoms with Crippen molar-refractivity contribution in [3.05, 3.63) is 48.1 Å². The van der Waals surface area contributed by atoms with Gasteiger partial charge in [-0.2, -0.15) is 0 Å². The summed E-state index contributed by atoms with van der Waals surface area (Å²) in [5.41, 5.74) is 1.05. The van der Waals surface area contributed by atoms with Crippen LogP contribution in [0.4, 0.5) is 0 Å². The first-order valence-corrected chi connectivity index (χ1v) is 5.95. The molecule has 5 nitrogen and oxygen atoms in total. The third-order valence-corrected chi connectivity index (χ3v) is 2.21. The summed E-state index contributed by atoms with van der Waals surface area (Å²) in [6, 6.07) is 6.35. The third kappa shape index (κ3) is 5.86. The highest BCUT2D eigenvalue weighted by Crippen LogP contribution is 2.10. The number of benzene rings is 1. The maximum atomic E-state index is 11.3. The van der Waals surface area contributed by atoms with Crippen molar-refractivity contribution in [3.63, 3.8) is 0 Å². The highest BCUT2D eigenvalue weighted by atomic mass is 16.6. The van der Waals surface area contributed by atoms with Crippen molar-refractivity contribution < 1.29 is 24.2 Å². The Labute approximate surface area is 117 Å². The topological polar surface area (TPSA) is 72.8 Å². The van der Waals surface area contributed by atoms with E-state index >= 15 is 0 Å². The van der Waals surface area contributed by atoms with E-state index in [9.17, 15) is 9.59 Å². The van der Waals surface area contributed by atoms with Gasteiger partial charge in [-0.3, -0.25) is 0 Å². The maximum Gasteiger partial charge on any atom is 0.333 e. The first kappa shape index (κ1) is 15.5. The predicted molar refractivity (Wildman–Crippen MR) is 73.9 cm³/mol. The molecule has 1 aromatic rings. The Hall–Kier alpha value is -2.56. The van der Waals surface area contributed by atoms with Crippen LogP contribution in [0.1, 0.15) is 12.5 Å². The minimum Gasteiger partial charge on any atom is -0.508 e. The predicted octanol–water partition coefficient (Wildman–Crippen LogP) is 2.07. The summed E-state index contributed by atoms with van der Waals surface area (Å²) in [6.07, 6.45) is 2.81. The molecule has 0 atom stereocenters. The Bertz CT molecular complexity index is 514. The van der Waals surface area contributed by atoms with E-state index in [2.05, 4.69) is 6.58 Å². The number of ether oxygens (including phenoxy) is 2. The van der Waals surface area contributed by atoms with Crippen LogP contribution in [0, 0.1) is 0 Å². The highest BCUT2D eigenvalue weighted by molar-refractivity contribution is 5.87. The molecule has 1 aromatic carbocycles. The van der Waals surface area contributed by atoms with Crippen molar-refractivity contribution in [1.82, 2.24) is 0 Å². The van der Waals surface area contributed by atoms with Crippen molar-refractivity contribution in [2.45, 2.75) is 6.92 Å². The van der Waals surface area contributed by atoms with E-state index in [1.54, 1.807) is 18.2 Å². The van der Waals surface area contributed by atoms with Crippen molar-refractivity contribution >= 4 is 18.0 Å². The lowest BCUT2D eigenvalue weighted by Crippen LogP contribution is -2.12. The summed E-state index contributed by atoms with van der Waals surface area (Å²) < 4.78 is 9.60. The number of hydrogen-bond donors (Lipinski definition) is 1. The largest absolute Gasteiger partial charge is 0.508 e. The number of rotatable bonds is 6. The molecule has 0 aromatic heterocycles. The quantitative estimate of drug-likeness (QED) is 0.489. The van der Waals surface area contributed by atoms with E-state index in [4.69, 9.17) is 14.6 Å². The minimum atomic E-state index is -0.538. The van der Waals surface area contributed by atoms with E-state index in [1.165, 1.54) is 25.1 Å². The number of phenols is 1. The van der Waals surface area contributed by atoms with Crippen LogP contribution >= 0.6 is 0 Å². The lowest BCUT2D eigenvalue weighted by molar-refractivity contribution is -0.146. The lowest BCUT2D eigenvalue weighted by Gasteiger charge is -2.04. The second-order valence-electron chi connectivity index (χ2n) is 4.01. The number of phenolic OH excluding ortho intramolecular Hbond substituents is 1. The van der Waals surface area contributed by atoms with Gasteiger partial charge in [0.1, 0.15) is 19.0 Å². The van der Waals surface area contributed by atoms with Crippen molar-refractivity contribution in [3.8, 4) is 5.75 Å². The minimum absolute atomic E-state index is 0.00944. The first-order valence-electron chi connectivity index (χ1n) is 5.95.